The second-order valence-corrected chi connectivity index (χ2v) is 5.50. The summed E-state index contributed by atoms with van der Waals surface area (Å²) >= 11 is 0. The van der Waals surface area contributed by atoms with Gasteiger partial charge in [-0.3, -0.25) is 4.68 Å². The minimum Gasteiger partial charge on any atom is -0.497 e. The lowest BCUT2D eigenvalue weighted by molar-refractivity contribution is 0.238. The van der Waals surface area contributed by atoms with E-state index in [4.69, 9.17) is 9.47 Å². The van der Waals surface area contributed by atoms with Crippen LogP contribution >= 0.6 is 0 Å². The molecule has 0 saturated carbocycles. The number of benzene rings is 1. The number of ether oxygens (including phenoxy) is 2. The molecule has 24 heavy (non-hydrogen) atoms. The minimum atomic E-state index is -0.226. The fraction of sp³-hybridized carbons (Fsp3) is 0.412. The van der Waals surface area contributed by atoms with Gasteiger partial charge in [-0.25, -0.2) is 4.79 Å². The van der Waals surface area contributed by atoms with Crippen molar-refractivity contribution < 1.29 is 14.3 Å². The van der Waals surface area contributed by atoms with E-state index in [-0.39, 0.29) is 12.1 Å². The van der Waals surface area contributed by atoms with Crippen LogP contribution in [-0.4, -0.2) is 36.6 Å². The van der Waals surface area contributed by atoms with Gasteiger partial charge in [-0.05, 0) is 37.1 Å². The molecule has 7 nitrogen and oxygen atoms in total. The molecule has 7 heteroatoms. The number of urea groups is 1. The van der Waals surface area contributed by atoms with Crippen molar-refractivity contribution in [2.24, 2.45) is 7.05 Å². The van der Waals surface area contributed by atoms with Crippen LogP contribution in [0.25, 0.3) is 0 Å². The van der Waals surface area contributed by atoms with Crippen LogP contribution in [0.4, 0.5) is 4.79 Å². The maximum atomic E-state index is 12.1. The Bertz CT molecular complexity index is 684. The van der Waals surface area contributed by atoms with Crippen molar-refractivity contribution >= 4 is 6.03 Å². The molecule has 0 radical (unpaired) electrons. The van der Waals surface area contributed by atoms with Crippen LogP contribution < -0.4 is 20.1 Å². The van der Waals surface area contributed by atoms with Gasteiger partial charge in [-0.1, -0.05) is 0 Å². The molecule has 0 spiro atoms. The number of carbonyl (C=O) groups is 1. The zero-order valence-electron chi connectivity index (χ0n) is 14.5. The van der Waals surface area contributed by atoms with Crippen molar-refractivity contribution in [1.82, 2.24) is 20.4 Å². The number of hydrogen-bond acceptors (Lipinski definition) is 4. The smallest absolute Gasteiger partial charge is 0.315 e. The number of hydrogen-bond donors (Lipinski definition) is 2. The average molecular weight is 332 g/mol. The van der Waals surface area contributed by atoms with E-state index in [0.717, 1.165) is 23.3 Å². The summed E-state index contributed by atoms with van der Waals surface area (Å²) in [6.07, 6.45) is 4.46. The fourth-order valence-electron chi connectivity index (χ4n) is 2.42. The molecule has 0 unspecified atom stereocenters. The van der Waals surface area contributed by atoms with E-state index in [1.807, 2.05) is 38.4 Å². The third-order valence-electron chi connectivity index (χ3n) is 3.71. The Hall–Kier alpha value is -2.70. The standard InChI is InChI=1S/C17H24N4O3/c1-12(15-9-14(23-3)5-6-16(15)24-4)20-17(22)18-8-7-13-10-19-21(2)11-13/h5-6,9-12H,7-8H2,1-4H3,(H2,18,20,22)/t12-/m1/s1. The summed E-state index contributed by atoms with van der Waals surface area (Å²) < 4.78 is 12.3. The summed E-state index contributed by atoms with van der Waals surface area (Å²) in [5.41, 5.74) is 1.94. The number of carbonyl (C=O) groups excluding carboxylic acids is 1. The molecular weight excluding hydrogens is 308 g/mol. The number of aromatic nitrogens is 2. The molecule has 2 aromatic rings. The van der Waals surface area contributed by atoms with Gasteiger partial charge >= 0.3 is 6.03 Å². The third-order valence-corrected chi connectivity index (χ3v) is 3.71. The van der Waals surface area contributed by atoms with E-state index in [1.165, 1.54) is 0 Å². The SMILES string of the molecule is COc1ccc(OC)c([C@@H](C)NC(=O)NCCc2cnn(C)c2)c1. The molecule has 1 aromatic heterocycles. The van der Waals surface area contributed by atoms with Crippen molar-refractivity contribution in [3.63, 3.8) is 0 Å². The van der Waals surface area contributed by atoms with Crippen LogP contribution in [0.1, 0.15) is 24.1 Å². The van der Waals surface area contributed by atoms with Gasteiger partial charge in [-0.15, -0.1) is 0 Å². The molecule has 2 rings (SSSR count). The first-order valence-electron chi connectivity index (χ1n) is 7.77. The van der Waals surface area contributed by atoms with Crippen LogP contribution in [-0.2, 0) is 13.5 Å². The molecule has 1 atom stereocenters. The van der Waals surface area contributed by atoms with E-state index in [9.17, 15) is 4.79 Å². The van der Waals surface area contributed by atoms with Crippen LogP contribution in [0.3, 0.4) is 0 Å². The molecule has 2 N–H and O–H groups in total. The lowest BCUT2D eigenvalue weighted by atomic mass is 10.1. The molecule has 0 fully saturated rings. The Morgan fingerprint density at radius 1 is 1.33 bits per heavy atom. The summed E-state index contributed by atoms with van der Waals surface area (Å²) in [6.45, 7) is 2.44. The van der Waals surface area contributed by atoms with Gasteiger partial charge in [0.05, 0.1) is 26.5 Å². The van der Waals surface area contributed by atoms with Gasteiger partial charge in [0.1, 0.15) is 11.5 Å². The van der Waals surface area contributed by atoms with Crippen molar-refractivity contribution in [3.8, 4) is 11.5 Å². The molecule has 0 aliphatic heterocycles. The highest BCUT2D eigenvalue weighted by atomic mass is 16.5. The molecular formula is C17H24N4O3. The molecule has 2 amide bonds. The van der Waals surface area contributed by atoms with E-state index >= 15 is 0 Å². The summed E-state index contributed by atoms with van der Waals surface area (Å²) in [6, 6.07) is 5.07. The van der Waals surface area contributed by atoms with Crippen LogP contribution in [0.2, 0.25) is 0 Å². The number of nitrogens with one attached hydrogen (secondary N) is 2. The van der Waals surface area contributed by atoms with Crippen molar-refractivity contribution in [2.45, 2.75) is 19.4 Å². The van der Waals surface area contributed by atoms with Crippen LogP contribution in [0, 0.1) is 0 Å². The molecule has 0 saturated heterocycles. The number of methoxy groups -OCH3 is 2. The summed E-state index contributed by atoms with van der Waals surface area (Å²) in [5, 5.41) is 9.86. The van der Waals surface area contributed by atoms with Gasteiger partial charge in [0.2, 0.25) is 0 Å². The third kappa shape index (κ3) is 4.65. The van der Waals surface area contributed by atoms with Crippen molar-refractivity contribution in [1.29, 1.82) is 0 Å². The van der Waals surface area contributed by atoms with Gasteiger partial charge < -0.3 is 20.1 Å². The molecule has 1 aromatic carbocycles. The number of amides is 2. The maximum Gasteiger partial charge on any atom is 0.315 e. The summed E-state index contributed by atoms with van der Waals surface area (Å²) in [4.78, 5) is 12.1. The highest BCUT2D eigenvalue weighted by molar-refractivity contribution is 5.74. The average Bonchev–Trinajstić information content (AvgIpc) is 2.99. The monoisotopic (exact) mass is 332 g/mol. The highest BCUT2D eigenvalue weighted by Gasteiger charge is 2.15. The Morgan fingerprint density at radius 3 is 2.75 bits per heavy atom. The van der Waals surface area contributed by atoms with Gasteiger partial charge in [0.15, 0.2) is 0 Å². The van der Waals surface area contributed by atoms with Crippen LogP contribution in [0.5, 0.6) is 11.5 Å². The molecule has 1 heterocycles. The fourth-order valence-corrected chi connectivity index (χ4v) is 2.42. The quantitative estimate of drug-likeness (QED) is 0.813. The zero-order chi connectivity index (χ0) is 17.5. The molecule has 0 aliphatic rings. The first-order chi connectivity index (χ1) is 11.5. The van der Waals surface area contributed by atoms with E-state index in [1.54, 1.807) is 25.1 Å². The lowest BCUT2D eigenvalue weighted by Gasteiger charge is -2.18. The highest BCUT2D eigenvalue weighted by Crippen LogP contribution is 2.29. The van der Waals surface area contributed by atoms with E-state index in [2.05, 4.69) is 15.7 Å². The number of rotatable bonds is 7. The Kier molecular flexibility index (Phi) is 6.06. The zero-order valence-corrected chi connectivity index (χ0v) is 14.5. The van der Waals surface area contributed by atoms with Crippen molar-refractivity contribution in [3.05, 3.63) is 41.7 Å². The summed E-state index contributed by atoms with van der Waals surface area (Å²) in [5.74, 6) is 1.43. The summed E-state index contributed by atoms with van der Waals surface area (Å²) in [7, 11) is 5.08. The second-order valence-electron chi connectivity index (χ2n) is 5.50. The van der Waals surface area contributed by atoms with Gasteiger partial charge in [0.25, 0.3) is 0 Å². The number of nitrogens with zero attached hydrogens (tertiary/aromatic N) is 2. The van der Waals surface area contributed by atoms with E-state index < -0.39 is 0 Å². The van der Waals surface area contributed by atoms with Gasteiger partial charge in [0, 0.05) is 25.4 Å². The largest absolute Gasteiger partial charge is 0.497 e. The molecule has 0 aliphatic carbocycles. The Labute approximate surface area is 142 Å². The Balaban J connectivity index is 1.88. The first-order valence-corrected chi connectivity index (χ1v) is 7.77. The molecule has 130 valence electrons. The normalized spacial score (nSPS) is 11.7. The second kappa shape index (κ2) is 8.24. The number of aryl methyl sites for hydroxylation is 1. The minimum absolute atomic E-state index is 0.214. The topological polar surface area (TPSA) is 77.4 Å². The predicted molar refractivity (Wildman–Crippen MR) is 91.4 cm³/mol. The molecule has 0 bridgehead atoms. The lowest BCUT2D eigenvalue weighted by Crippen LogP contribution is -2.38. The van der Waals surface area contributed by atoms with Crippen LogP contribution in [0.15, 0.2) is 30.6 Å². The maximum absolute atomic E-state index is 12.1. The first kappa shape index (κ1) is 17.7. The van der Waals surface area contributed by atoms with Gasteiger partial charge in [-0.2, -0.15) is 5.10 Å². The Morgan fingerprint density at radius 2 is 2.12 bits per heavy atom. The predicted octanol–water partition coefficient (Wildman–Crippen LogP) is 2.04. The van der Waals surface area contributed by atoms with Crippen molar-refractivity contribution in [2.75, 3.05) is 20.8 Å². The van der Waals surface area contributed by atoms with E-state index in [0.29, 0.717) is 12.3 Å².